The first-order chi connectivity index (χ1) is 7.66. The summed E-state index contributed by atoms with van der Waals surface area (Å²) in [6.45, 7) is 7.32. The van der Waals surface area contributed by atoms with Gasteiger partial charge in [-0.1, -0.05) is 13.8 Å². The number of ether oxygens (including phenoxy) is 1. The van der Waals surface area contributed by atoms with Gasteiger partial charge in [-0.25, -0.2) is 0 Å². The summed E-state index contributed by atoms with van der Waals surface area (Å²) in [6, 6.07) is 5.87. The van der Waals surface area contributed by atoms with Crippen molar-refractivity contribution in [3.05, 3.63) is 18.2 Å². The second-order valence-electron chi connectivity index (χ2n) is 4.75. The zero-order valence-corrected chi connectivity index (χ0v) is 10.1. The lowest BCUT2D eigenvalue weighted by Gasteiger charge is -2.31. The summed E-state index contributed by atoms with van der Waals surface area (Å²) < 4.78 is 5.62. The summed E-state index contributed by atoms with van der Waals surface area (Å²) in [4.78, 5) is 2.37. The van der Waals surface area contributed by atoms with Gasteiger partial charge in [0.25, 0.3) is 0 Å². The van der Waals surface area contributed by atoms with Crippen molar-refractivity contribution in [3.8, 4) is 5.75 Å². The average molecular weight is 220 g/mol. The number of benzene rings is 1. The molecule has 0 fully saturated rings. The molecule has 1 aromatic rings. The SMILES string of the molecule is CC(C)CCN1CCOc2ccc(N)cc21. The smallest absolute Gasteiger partial charge is 0.142 e. The molecule has 0 bridgehead atoms. The van der Waals surface area contributed by atoms with Crippen LogP contribution in [0.15, 0.2) is 18.2 Å². The topological polar surface area (TPSA) is 38.5 Å². The van der Waals surface area contributed by atoms with E-state index in [0.29, 0.717) is 0 Å². The molecule has 0 unspecified atom stereocenters. The first-order valence-electron chi connectivity index (χ1n) is 5.94. The predicted molar refractivity (Wildman–Crippen MR) is 68.0 cm³/mol. The van der Waals surface area contributed by atoms with E-state index in [4.69, 9.17) is 10.5 Å². The van der Waals surface area contributed by atoms with Crippen molar-refractivity contribution in [2.45, 2.75) is 20.3 Å². The van der Waals surface area contributed by atoms with E-state index in [1.54, 1.807) is 0 Å². The van der Waals surface area contributed by atoms with Crippen LogP contribution in [-0.4, -0.2) is 19.7 Å². The Kier molecular flexibility index (Phi) is 3.22. The minimum absolute atomic E-state index is 0.729. The molecule has 0 saturated heterocycles. The van der Waals surface area contributed by atoms with E-state index in [1.165, 1.54) is 6.42 Å². The molecular weight excluding hydrogens is 200 g/mol. The highest BCUT2D eigenvalue weighted by atomic mass is 16.5. The molecule has 1 heterocycles. The summed E-state index contributed by atoms with van der Waals surface area (Å²) in [6.07, 6.45) is 1.20. The van der Waals surface area contributed by atoms with Crippen molar-refractivity contribution in [1.82, 2.24) is 0 Å². The summed E-state index contributed by atoms with van der Waals surface area (Å²) in [5.41, 5.74) is 7.77. The average Bonchev–Trinajstić information content (AvgIpc) is 2.26. The molecule has 2 N–H and O–H groups in total. The van der Waals surface area contributed by atoms with Crippen LogP contribution >= 0.6 is 0 Å². The predicted octanol–water partition coefficient (Wildman–Crippen LogP) is 2.51. The Morgan fingerprint density at radius 3 is 3.00 bits per heavy atom. The van der Waals surface area contributed by atoms with E-state index >= 15 is 0 Å². The lowest BCUT2D eigenvalue weighted by molar-refractivity contribution is 0.306. The fourth-order valence-electron chi connectivity index (χ4n) is 1.94. The molecule has 0 radical (unpaired) electrons. The van der Waals surface area contributed by atoms with E-state index < -0.39 is 0 Å². The summed E-state index contributed by atoms with van der Waals surface area (Å²) in [5, 5.41) is 0. The number of nitrogens with two attached hydrogens (primary N) is 1. The number of hydrogen-bond donors (Lipinski definition) is 1. The molecule has 1 aromatic carbocycles. The molecule has 0 aliphatic carbocycles. The van der Waals surface area contributed by atoms with E-state index in [0.717, 1.165) is 42.7 Å². The molecule has 0 amide bonds. The van der Waals surface area contributed by atoms with Crippen molar-refractivity contribution < 1.29 is 4.74 Å². The lowest BCUT2D eigenvalue weighted by Crippen LogP contribution is -2.34. The molecule has 0 atom stereocenters. The second-order valence-corrected chi connectivity index (χ2v) is 4.75. The number of nitrogens with zero attached hydrogens (tertiary/aromatic N) is 1. The monoisotopic (exact) mass is 220 g/mol. The Hall–Kier alpha value is -1.38. The fourth-order valence-corrected chi connectivity index (χ4v) is 1.94. The number of rotatable bonds is 3. The van der Waals surface area contributed by atoms with E-state index in [2.05, 4.69) is 18.7 Å². The fraction of sp³-hybridized carbons (Fsp3) is 0.538. The summed E-state index contributed by atoms with van der Waals surface area (Å²) in [5.74, 6) is 1.69. The van der Waals surface area contributed by atoms with Gasteiger partial charge in [-0.05, 0) is 30.5 Å². The molecule has 3 heteroatoms. The summed E-state index contributed by atoms with van der Waals surface area (Å²) >= 11 is 0. The van der Waals surface area contributed by atoms with Gasteiger partial charge in [0.15, 0.2) is 0 Å². The lowest BCUT2D eigenvalue weighted by atomic mass is 10.1. The molecule has 0 saturated carbocycles. The zero-order valence-electron chi connectivity index (χ0n) is 10.1. The molecule has 1 aliphatic heterocycles. The maximum absolute atomic E-state index is 5.82. The van der Waals surface area contributed by atoms with Gasteiger partial charge in [-0.15, -0.1) is 0 Å². The normalized spacial score (nSPS) is 14.8. The van der Waals surface area contributed by atoms with Crippen LogP contribution in [0.4, 0.5) is 11.4 Å². The third-order valence-corrected chi connectivity index (χ3v) is 2.92. The number of anilines is 2. The summed E-state index contributed by atoms with van der Waals surface area (Å²) in [7, 11) is 0. The van der Waals surface area contributed by atoms with Crippen molar-refractivity contribution in [3.63, 3.8) is 0 Å². The van der Waals surface area contributed by atoms with Crippen LogP contribution in [0.1, 0.15) is 20.3 Å². The molecule has 88 valence electrons. The quantitative estimate of drug-likeness (QED) is 0.795. The molecule has 2 rings (SSSR count). The zero-order chi connectivity index (χ0) is 11.5. The van der Waals surface area contributed by atoms with Crippen molar-refractivity contribution >= 4 is 11.4 Å². The third kappa shape index (κ3) is 2.40. The van der Waals surface area contributed by atoms with Gasteiger partial charge in [0.1, 0.15) is 12.4 Å². The minimum Gasteiger partial charge on any atom is -0.490 e. The largest absolute Gasteiger partial charge is 0.490 e. The van der Waals surface area contributed by atoms with Gasteiger partial charge in [0, 0.05) is 12.2 Å². The van der Waals surface area contributed by atoms with Crippen LogP contribution in [0.25, 0.3) is 0 Å². The van der Waals surface area contributed by atoms with Crippen molar-refractivity contribution in [2.75, 3.05) is 30.3 Å². The van der Waals surface area contributed by atoms with Gasteiger partial charge >= 0.3 is 0 Å². The second kappa shape index (κ2) is 4.64. The van der Waals surface area contributed by atoms with Gasteiger partial charge in [-0.2, -0.15) is 0 Å². The molecule has 0 aromatic heterocycles. The first-order valence-corrected chi connectivity index (χ1v) is 5.94. The molecule has 16 heavy (non-hydrogen) atoms. The molecular formula is C13H20N2O. The number of nitrogen functional groups attached to an aromatic ring is 1. The van der Waals surface area contributed by atoms with Crippen LogP contribution in [0.3, 0.4) is 0 Å². The first kappa shape index (κ1) is 11.1. The van der Waals surface area contributed by atoms with Gasteiger partial charge in [0.2, 0.25) is 0 Å². The Morgan fingerprint density at radius 1 is 1.44 bits per heavy atom. The number of hydrogen-bond acceptors (Lipinski definition) is 3. The van der Waals surface area contributed by atoms with Crippen LogP contribution in [-0.2, 0) is 0 Å². The van der Waals surface area contributed by atoms with Crippen LogP contribution in [0, 0.1) is 5.92 Å². The van der Waals surface area contributed by atoms with Crippen LogP contribution < -0.4 is 15.4 Å². The van der Waals surface area contributed by atoms with Crippen LogP contribution in [0.5, 0.6) is 5.75 Å². The van der Waals surface area contributed by atoms with E-state index in [9.17, 15) is 0 Å². The number of fused-ring (bicyclic) bond motifs is 1. The highest BCUT2D eigenvalue weighted by Crippen LogP contribution is 2.33. The Bertz CT molecular complexity index is 363. The maximum Gasteiger partial charge on any atom is 0.142 e. The molecule has 3 nitrogen and oxygen atoms in total. The van der Waals surface area contributed by atoms with Crippen LogP contribution in [0.2, 0.25) is 0 Å². The molecule has 1 aliphatic rings. The van der Waals surface area contributed by atoms with Gasteiger partial charge in [-0.3, -0.25) is 0 Å². The van der Waals surface area contributed by atoms with Crippen molar-refractivity contribution in [1.29, 1.82) is 0 Å². The Balaban J connectivity index is 2.15. The van der Waals surface area contributed by atoms with Gasteiger partial charge < -0.3 is 15.4 Å². The minimum atomic E-state index is 0.729. The highest BCUT2D eigenvalue weighted by Gasteiger charge is 2.17. The Morgan fingerprint density at radius 2 is 2.25 bits per heavy atom. The third-order valence-electron chi connectivity index (χ3n) is 2.92. The van der Waals surface area contributed by atoms with E-state index in [1.807, 2.05) is 18.2 Å². The Labute approximate surface area is 97.2 Å². The maximum atomic E-state index is 5.82. The highest BCUT2D eigenvalue weighted by molar-refractivity contribution is 5.65. The van der Waals surface area contributed by atoms with Crippen molar-refractivity contribution in [2.24, 2.45) is 5.92 Å². The molecule has 0 spiro atoms. The standard InChI is InChI=1S/C13H20N2O/c1-10(2)5-6-15-7-8-16-13-4-3-11(14)9-12(13)15/h3-4,9-10H,5-8,14H2,1-2H3. The van der Waals surface area contributed by atoms with E-state index in [-0.39, 0.29) is 0 Å². The van der Waals surface area contributed by atoms with Gasteiger partial charge in [0.05, 0.1) is 12.2 Å².